The Labute approximate surface area is 85.1 Å². The molecule has 0 saturated carbocycles. The first-order valence-electron chi connectivity index (χ1n) is 3.84. The van der Waals surface area contributed by atoms with Gasteiger partial charge < -0.3 is 0 Å². The summed E-state index contributed by atoms with van der Waals surface area (Å²) in [5, 5.41) is 8.71. The molecule has 1 aromatic heterocycles. The molecule has 0 aliphatic heterocycles. The quantitative estimate of drug-likeness (QED) is 0.713. The first-order chi connectivity index (χ1) is 6.61. The molecule has 0 aliphatic rings. The highest BCUT2D eigenvalue weighted by Crippen LogP contribution is 2.25. The van der Waals surface area contributed by atoms with E-state index in [1.807, 2.05) is 0 Å². The van der Waals surface area contributed by atoms with Gasteiger partial charge in [-0.25, -0.2) is 8.78 Å². The van der Waals surface area contributed by atoms with Crippen molar-refractivity contribution in [2.75, 3.05) is 0 Å². The van der Waals surface area contributed by atoms with Gasteiger partial charge in [0.15, 0.2) is 0 Å². The van der Waals surface area contributed by atoms with Crippen molar-refractivity contribution in [1.29, 1.82) is 5.26 Å². The third-order valence-corrected chi connectivity index (χ3v) is 2.18. The van der Waals surface area contributed by atoms with Crippen LogP contribution in [0, 0.1) is 18.3 Å². The van der Waals surface area contributed by atoms with Crippen LogP contribution in [0.2, 0.25) is 0 Å². The molecule has 0 aromatic carbocycles. The van der Waals surface area contributed by atoms with Gasteiger partial charge in [-0.05, 0) is 12.5 Å². The summed E-state index contributed by atoms with van der Waals surface area (Å²) in [5.41, 5.74) is 0.539. The van der Waals surface area contributed by atoms with Crippen molar-refractivity contribution < 1.29 is 8.78 Å². The molecule has 1 heterocycles. The van der Waals surface area contributed by atoms with Gasteiger partial charge >= 0.3 is 0 Å². The smallest absolute Gasteiger partial charge is 0.259 e. The van der Waals surface area contributed by atoms with Crippen molar-refractivity contribution >= 4 is 11.6 Å². The second-order valence-electron chi connectivity index (χ2n) is 2.71. The molecule has 5 heteroatoms. The van der Waals surface area contributed by atoms with Crippen LogP contribution in [0.5, 0.6) is 0 Å². The Morgan fingerprint density at radius 3 is 2.71 bits per heavy atom. The summed E-state index contributed by atoms with van der Waals surface area (Å²) in [5.74, 6) is 0.115. The van der Waals surface area contributed by atoms with Crippen LogP contribution in [0.1, 0.15) is 28.8 Å². The molecule has 0 spiro atoms. The van der Waals surface area contributed by atoms with Crippen LogP contribution < -0.4 is 0 Å². The van der Waals surface area contributed by atoms with Crippen molar-refractivity contribution in [2.24, 2.45) is 0 Å². The molecule has 1 rings (SSSR count). The Morgan fingerprint density at radius 2 is 2.29 bits per heavy atom. The fourth-order valence-corrected chi connectivity index (χ4v) is 1.39. The first kappa shape index (κ1) is 10.9. The van der Waals surface area contributed by atoms with Crippen LogP contribution in [0.25, 0.3) is 0 Å². The average Bonchev–Trinajstić information content (AvgIpc) is 2.17. The zero-order valence-electron chi connectivity index (χ0n) is 7.39. The Hall–Kier alpha value is -1.21. The SMILES string of the molecule is Cc1c(CCl)ncc(C(F)F)c1C#N. The average molecular weight is 217 g/mol. The first-order valence-corrected chi connectivity index (χ1v) is 4.37. The van der Waals surface area contributed by atoms with Crippen molar-refractivity contribution in [1.82, 2.24) is 4.98 Å². The van der Waals surface area contributed by atoms with Crippen LogP contribution in [-0.4, -0.2) is 4.98 Å². The van der Waals surface area contributed by atoms with Gasteiger partial charge in [0.1, 0.15) is 6.07 Å². The van der Waals surface area contributed by atoms with E-state index in [9.17, 15) is 8.78 Å². The number of aromatic nitrogens is 1. The minimum absolute atomic E-state index is 0.0225. The lowest BCUT2D eigenvalue weighted by Gasteiger charge is -2.07. The molecule has 0 unspecified atom stereocenters. The lowest BCUT2D eigenvalue weighted by molar-refractivity contribution is 0.150. The van der Waals surface area contributed by atoms with Crippen LogP contribution >= 0.6 is 11.6 Å². The zero-order chi connectivity index (χ0) is 10.7. The molecule has 0 amide bonds. The molecule has 0 atom stereocenters. The summed E-state index contributed by atoms with van der Waals surface area (Å²) < 4.78 is 24.8. The predicted octanol–water partition coefficient (Wildman–Crippen LogP) is 2.94. The predicted molar refractivity (Wildman–Crippen MR) is 48.2 cm³/mol. The number of pyridine rings is 1. The summed E-state index contributed by atoms with van der Waals surface area (Å²) in [6.07, 6.45) is -1.67. The van der Waals surface area contributed by atoms with Crippen LogP contribution in [0.3, 0.4) is 0 Å². The molecule has 1 aromatic rings. The van der Waals surface area contributed by atoms with E-state index in [0.29, 0.717) is 11.3 Å². The van der Waals surface area contributed by atoms with Crippen LogP contribution in [0.15, 0.2) is 6.20 Å². The highest BCUT2D eigenvalue weighted by atomic mass is 35.5. The highest BCUT2D eigenvalue weighted by molar-refractivity contribution is 6.17. The topological polar surface area (TPSA) is 36.7 Å². The van der Waals surface area contributed by atoms with E-state index in [-0.39, 0.29) is 17.0 Å². The number of rotatable bonds is 2. The van der Waals surface area contributed by atoms with Crippen molar-refractivity contribution in [3.63, 3.8) is 0 Å². The van der Waals surface area contributed by atoms with Gasteiger partial charge in [0.2, 0.25) is 0 Å². The molecule has 14 heavy (non-hydrogen) atoms. The summed E-state index contributed by atoms with van der Waals surface area (Å²) in [7, 11) is 0. The molecule has 0 fully saturated rings. The molecule has 0 N–H and O–H groups in total. The second-order valence-corrected chi connectivity index (χ2v) is 2.97. The fourth-order valence-electron chi connectivity index (χ4n) is 1.12. The summed E-state index contributed by atoms with van der Waals surface area (Å²) in [6.45, 7) is 1.56. The van der Waals surface area contributed by atoms with E-state index in [2.05, 4.69) is 4.98 Å². The van der Waals surface area contributed by atoms with E-state index in [1.54, 1.807) is 13.0 Å². The third kappa shape index (κ3) is 1.83. The molecule has 0 aliphatic carbocycles. The van der Waals surface area contributed by atoms with Crippen molar-refractivity contribution in [3.05, 3.63) is 28.6 Å². The van der Waals surface area contributed by atoms with E-state index in [1.165, 1.54) is 0 Å². The minimum atomic E-state index is -2.68. The van der Waals surface area contributed by atoms with Gasteiger partial charge in [-0.3, -0.25) is 4.98 Å². The van der Waals surface area contributed by atoms with E-state index in [0.717, 1.165) is 6.20 Å². The summed E-state index contributed by atoms with van der Waals surface area (Å²) in [4.78, 5) is 3.76. The fraction of sp³-hybridized carbons (Fsp3) is 0.333. The van der Waals surface area contributed by atoms with Gasteiger partial charge in [0.05, 0.1) is 22.7 Å². The number of alkyl halides is 3. The Morgan fingerprint density at radius 1 is 1.64 bits per heavy atom. The summed E-state index contributed by atoms with van der Waals surface area (Å²) in [6, 6.07) is 1.74. The monoisotopic (exact) mass is 216 g/mol. The standard InChI is InChI=1S/C9H7ClF2N2/c1-5-6(3-13)7(9(11)12)4-14-8(5)2-10/h4,9H,2H2,1H3. The molecule has 2 nitrogen and oxygen atoms in total. The van der Waals surface area contributed by atoms with Gasteiger partial charge in [0.25, 0.3) is 6.43 Å². The van der Waals surface area contributed by atoms with Crippen molar-refractivity contribution in [2.45, 2.75) is 19.2 Å². The molecule has 0 saturated heterocycles. The third-order valence-electron chi connectivity index (χ3n) is 1.93. The molecular formula is C9H7ClF2N2. The minimum Gasteiger partial charge on any atom is -0.259 e. The Balaban J connectivity index is 3.38. The normalized spacial score (nSPS) is 10.3. The maximum Gasteiger partial charge on any atom is 0.266 e. The Bertz CT molecular complexity index is 385. The second kappa shape index (κ2) is 4.34. The van der Waals surface area contributed by atoms with Gasteiger partial charge in [-0.15, -0.1) is 11.6 Å². The number of hydrogen-bond donors (Lipinski definition) is 0. The largest absolute Gasteiger partial charge is 0.266 e. The lowest BCUT2D eigenvalue weighted by atomic mass is 10.0. The molecule has 0 bridgehead atoms. The van der Waals surface area contributed by atoms with Crippen LogP contribution in [-0.2, 0) is 5.88 Å². The maximum absolute atomic E-state index is 12.4. The number of halogens is 3. The van der Waals surface area contributed by atoms with Gasteiger partial charge in [0, 0.05) is 6.20 Å². The van der Waals surface area contributed by atoms with E-state index < -0.39 is 6.43 Å². The molecular weight excluding hydrogens is 210 g/mol. The zero-order valence-corrected chi connectivity index (χ0v) is 8.15. The number of nitriles is 1. The number of nitrogens with zero attached hydrogens (tertiary/aromatic N) is 2. The molecule has 0 radical (unpaired) electrons. The van der Waals surface area contributed by atoms with Gasteiger partial charge in [-0.1, -0.05) is 0 Å². The number of hydrogen-bond acceptors (Lipinski definition) is 2. The maximum atomic E-state index is 12.4. The molecule has 74 valence electrons. The van der Waals surface area contributed by atoms with Gasteiger partial charge in [-0.2, -0.15) is 5.26 Å². The lowest BCUT2D eigenvalue weighted by Crippen LogP contribution is -2.00. The Kier molecular flexibility index (Phi) is 3.37. The van der Waals surface area contributed by atoms with Crippen LogP contribution in [0.4, 0.5) is 8.78 Å². The van der Waals surface area contributed by atoms with E-state index in [4.69, 9.17) is 16.9 Å². The summed E-state index contributed by atoms with van der Waals surface area (Å²) >= 11 is 5.53. The highest BCUT2D eigenvalue weighted by Gasteiger charge is 2.17. The van der Waals surface area contributed by atoms with Crippen molar-refractivity contribution in [3.8, 4) is 6.07 Å². The van der Waals surface area contributed by atoms with E-state index >= 15 is 0 Å².